The summed E-state index contributed by atoms with van der Waals surface area (Å²) in [7, 11) is 0. The first kappa shape index (κ1) is 15.3. The molecule has 21 heavy (non-hydrogen) atoms. The van der Waals surface area contributed by atoms with Crippen molar-refractivity contribution in [2.75, 3.05) is 5.32 Å². The summed E-state index contributed by atoms with van der Waals surface area (Å²) in [6.45, 7) is 2.39. The molecule has 0 unspecified atom stereocenters. The number of hydrogen-bond donors (Lipinski definition) is 3. The fourth-order valence-corrected chi connectivity index (χ4v) is 2.66. The van der Waals surface area contributed by atoms with Gasteiger partial charge >= 0.3 is 12.0 Å². The molecule has 1 aromatic carbocycles. The molecule has 1 heterocycles. The maximum atomic E-state index is 11.8. The predicted octanol–water partition coefficient (Wildman–Crippen LogP) is 3.73. The molecule has 7 heteroatoms. The van der Waals surface area contributed by atoms with Gasteiger partial charge in [0.15, 0.2) is 0 Å². The van der Waals surface area contributed by atoms with E-state index >= 15 is 0 Å². The van der Waals surface area contributed by atoms with Crippen molar-refractivity contribution in [1.82, 2.24) is 5.32 Å². The zero-order chi connectivity index (χ0) is 15.4. The second-order valence-corrected chi connectivity index (χ2v) is 6.10. The molecule has 0 radical (unpaired) electrons. The highest BCUT2D eigenvalue weighted by molar-refractivity contribution is 7.11. The van der Waals surface area contributed by atoms with E-state index < -0.39 is 12.0 Å². The molecular weight excluding hydrogens is 312 g/mol. The number of carboxylic acid groups (broad SMARTS) is 1. The molecule has 2 aromatic rings. The summed E-state index contributed by atoms with van der Waals surface area (Å²) in [6.07, 6.45) is 0. The fraction of sp³-hybridized carbons (Fsp3) is 0.143. The molecule has 0 spiro atoms. The molecule has 1 aromatic heterocycles. The van der Waals surface area contributed by atoms with Gasteiger partial charge < -0.3 is 15.7 Å². The molecule has 0 bridgehead atoms. The molecule has 3 N–H and O–H groups in total. The molecule has 0 saturated carbocycles. The second kappa shape index (κ2) is 6.60. The average Bonchev–Trinajstić information content (AvgIpc) is 2.84. The van der Waals surface area contributed by atoms with Gasteiger partial charge in [-0.1, -0.05) is 11.6 Å². The van der Waals surface area contributed by atoms with E-state index in [1.165, 1.54) is 23.1 Å². The van der Waals surface area contributed by atoms with Gasteiger partial charge in [0.1, 0.15) is 0 Å². The summed E-state index contributed by atoms with van der Waals surface area (Å²) in [4.78, 5) is 24.9. The van der Waals surface area contributed by atoms with Crippen molar-refractivity contribution >= 4 is 40.6 Å². The summed E-state index contributed by atoms with van der Waals surface area (Å²) in [5.74, 6) is -1.08. The highest BCUT2D eigenvalue weighted by atomic mass is 35.5. The van der Waals surface area contributed by atoms with Crippen molar-refractivity contribution < 1.29 is 14.7 Å². The van der Waals surface area contributed by atoms with Crippen molar-refractivity contribution in [1.29, 1.82) is 0 Å². The lowest BCUT2D eigenvalue weighted by Gasteiger charge is -2.09. The number of aromatic carboxylic acids is 1. The second-order valence-electron chi connectivity index (χ2n) is 4.32. The van der Waals surface area contributed by atoms with E-state index in [0.717, 1.165) is 4.88 Å². The van der Waals surface area contributed by atoms with Crippen molar-refractivity contribution in [2.24, 2.45) is 0 Å². The number of urea groups is 1. The Morgan fingerprint density at radius 2 is 2.05 bits per heavy atom. The summed E-state index contributed by atoms with van der Waals surface area (Å²) in [5, 5.41) is 14.4. The number of benzene rings is 1. The smallest absolute Gasteiger partial charge is 0.335 e. The molecule has 5 nitrogen and oxygen atoms in total. The molecule has 0 atom stereocenters. The van der Waals surface area contributed by atoms with E-state index in [1.54, 1.807) is 11.3 Å². The van der Waals surface area contributed by atoms with Crippen LogP contribution >= 0.6 is 22.9 Å². The van der Waals surface area contributed by atoms with E-state index in [4.69, 9.17) is 16.7 Å². The van der Waals surface area contributed by atoms with Gasteiger partial charge in [-0.25, -0.2) is 9.59 Å². The number of carbonyl (C=O) groups is 2. The SMILES string of the molecule is Cc1ccc(CNC(=O)Nc2cc(C(=O)O)ccc2Cl)s1. The van der Waals surface area contributed by atoms with Crippen LogP contribution in [0.5, 0.6) is 0 Å². The number of anilines is 1. The first-order chi connectivity index (χ1) is 9.95. The highest BCUT2D eigenvalue weighted by Gasteiger charge is 2.10. The Labute approximate surface area is 130 Å². The number of aryl methyl sites for hydroxylation is 1. The Hall–Kier alpha value is -2.05. The van der Waals surface area contributed by atoms with Crippen LogP contribution < -0.4 is 10.6 Å². The summed E-state index contributed by atoms with van der Waals surface area (Å²) in [5.41, 5.74) is 0.319. The quantitative estimate of drug-likeness (QED) is 0.801. The van der Waals surface area contributed by atoms with E-state index in [9.17, 15) is 9.59 Å². The Morgan fingerprint density at radius 1 is 1.29 bits per heavy atom. The largest absolute Gasteiger partial charge is 0.478 e. The molecule has 0 aliphatic heterocycles. The average molecular weight is 325 g/mol. The highest BCUT2D eigenvalue weighted by Crippen LogP contribution is 2.23. The summed E-state index contributed by atoms with van der Waals surface area (Å²) in [6, 6.07) is 7.61. The molecule has 2 amide bonds. The van der Waals surface area contributed by atoms with Crippen LogP contribution in [0, 0.1) is 6.92 Å². The Bertz CT molecular complexity index is 685. The molecular formula is C14H13ClN2O3S. The first-order valence-corrected chi connectivity index (χ1v) is 7.28. The van der Waals surface area contributed by atoms with Gasteiger partial charge in [-0.2, -0.15) is 0 Å². The number of thiophene rings is 1. The molecule has 110 valence electrons. The third-order valence-corrected chi connectivity index (χ3v) is 4.01. The lowest BCUT2D eigenvalue weighted by molar-refractivity contribution is 0.0697. The maximum absolute atomic E-state index is 11.8. The van der Waals surface area contributed by atoms with E-state index in [0.29, 0.717) is 6.54 Å². The van der Waals surface area contributed by atoms with Gasteiger partial charge in [-0.15, -0.1) is 11.3 Å². The lowest BCUT2D eigenvalue weighted by Crippen LogP contribution is -2.28. The van der Waals surface area contributed by atoms with E-state index in [1.807, 2.05) is 19.1 Å². The Morgan fingerprint density at radius 3 is 2.67 bits per heavy atom. The third kappa shape index (κ3) is 4.21. The minimum atomic E-state index is -1.08. The van der Waals surface area contributed by atoms with Crippen molar-refractivity contribution in [3.05, 3.63) is 50.7 Å². The topological polar surface area (TPSA) is 78.4 Å². The normalized spacial score (nSPS) is 10.2. The van der Waals surface area contributed by atoms with Gasteiger partial charge in [0.25, 0.3) is 0 Å². The minimum absolute atomic E-state index is 0.0589. The van der Waals surface area contributed by atoms with Crippen LogP contribution in [0.2, 0.25) is 5.02 Å². The number of halogens is 1. The van der Waals surface area contributed by atoms with Crippen LogP contribution in [0.3, 0.4) is 0 Å². The summed E-state index contributed by atoms with van der Waals surface area (Å²) < 4.78 is 0. The lowest BCUT2D eigenvalue weighted by atomic mass is 10.2. The molecule has 0 fully saturated rings. The van der Waals surface area contributed by atoms with Gasteiger partial charge in [0.2, 0.25) is 0 Å². The third-order valence-electron chi connectivity index (χ3n) is 2.68. The van der Waals surface area contributed by atoms with Gasteiger partial charge in [0.05, 0.1) is 22.8 Å². The van der Waals surface area contributed by atoms with Crippen LogP contribution in [-0.4, -0.2) is 17.1 Å². The fourth-order valence-electron chi connectivity index (χ4n) is 1.67. The zero-order valence-electron chi connectivity index (χ0n) is 11.1. The van der Waals surface area contributed by atoms with Crippen molar-refractivity contribution in [3.63, 3.8) is 0 Å². The standard InChI is InChI=1S/C14H13ClN2O3S/c1-8-2-4-10(21-8)7-16-14(20)17-12-6-9(13(18)19)3-5-11(12)15/h2-6H,7H2,1H3,(H,18,19)(H2,16,17,20). The van der Waals surface area contributed by atoms with Crippen molar-refractivity contribution in [3.8, 4) is 0 Å². The number of carbonyl (C=O) groups excluding carboxylic acids is 1. The van der Waals surface area contributed by atoms with Crippen LogP contribution in [0.4, 0.5) is 10.5 Å². The van der Waals surface area contributed by atoms with Gasteiger partial charge in [-0.05, 0) is 37.3 Å². The zero-order valence-corrected chi connectivity index (χ0v) is 12.7. The van der Waals surface area contributed by atoms with Crippen LogP contribution in [0.25, 0.3) is 0 Å². The molecule has 0 saturated heterocycles. The first-order valence-electron chi connectivity index (χ1n) is 6.08. The van der Waals surface area contributed by atoms with Crippen molar-refractivity contribution in [2.45, 2.75) is 13.5 Å². The number of amides is 2. The van der Waals surface area contributed by atoms with Crippen LogP contribution in [0.15, 0.2) is 30.3 Å². The summed E-state index contributed by atoms with van der Waals surface area (Å²) >= 11 is 7.53. The van der Waals surface area contributed by atoms with E-state index in [2.05, 4.69) is 10.6 Å². The number of carboxylic acids is 1. The predicted molar refractivity (Wildman–Crippen MR) is 83.3 cm³/mol. The Kier molecular flexibility index (Phi) is 4.82. The van der Waals surface area contributed by atoms with Crippen LogP contribution in [-0.2, 0) is 6.54 Å². The van der Waals surface area contributed by atoms with Crippen LogP contribution in [0.1, 0.15) is 20.1 Å². The molecule has 0 aliphatic rings. The molecule has 2 rings (SSSR count). The Balaban J connectivity index is 1.99. The van der Waals surface area contributed by atoms with E-state index in [-0.39, 0.29) is 16.3 Å². The minimum Gasteiger partial charge on any atom is -0.478 e. The number of hydrogen-bond acceptors (Lipinski definition) is 3. The van der Waals surface area contributed by atoms with Gasteiger partial charge in [0, 0.05) is 9.75 Å². The number of rotatable bonds is 4. The number of nitrogens with one attached hydrogen (secondary N) is 2. The molecule has 0 aliphatic carbocycles. The monoisotopic (exact) mass is 324 g/mol. The maximum Gasteiger partial charge on any atom is 0.335 e. The van der Waals surface area contributed by atoms with Gasteiger partial charge in [-0.3, -0.25) is 0 Å².